The topological polar surface area (TPSA) is 58.5 Å². The molecule has 0 amide bonds. The van der Waals surface area contributed by atoms with Gasteiger partial charge in [0, 0.05) is 11.6 Å². The van der Waals surface area contributed by atoms with Gasteiger partial charge >= 0.3 is 0 Å². The summed E-state index contributed by atoms with van der Waals surface area (Å²) >= 11 is 0. The summed E-state index contributed by atoms with van der Waals surface area (Å²) in [4.78, 5) is 4.99. The highest BCUT2D eigenvalue weighted by Gasteiger charge is 2.32. The van der Waals surface area contributed by atoms with Crippen molar-refractivity contribution in [2.75, 3.05) is 0 Å². The summed E-state index contributed by atoms with van der Waals surface area (Å²) in [5.74, 6) is 0.869. The average Bonchev–Trinajstić information content (AvgIpc) is 2.89. The Kier molecular flexibility index (Phi) is 6.04. The lowest BCUT2D eigenvalue weighted by Crippen LogP contribution is -2.25. The molecule has 4 nitrogen and oxygen atoms in total. The van der Waals surface area contributed by atoms with Gasteiger partial charge in [0.15, 0.2) is 0 Å². The molecule has 0 saturated carbocycles. The third-order valence-electron chi connectivity index (χ3n) is 5.08. The van der Waals surface area contributed by atoms with Crippen LogP contribution in [-0.4, -0.2) is 20.3 Å². The smallest absolute Gasteiger partial charge is 0.264 e. The minimum atomic E-state index is -3.59. The quantitative estimate of drug-likeness (QED) is 0.755. The third-order valence-corrected chi connectivity index (χ3v) is 6.62. The molecule has 0 aliphatic carbocycles. The molecule has 3 rings (SSSR count). The first-order valence-corrected chi connectivity index (χ1v) is 11.2. The van der Waals surface area contributed by atoms with E-state index in [0.29, 0.717) is 27.8 Å². The lowest BCUT2D eigenvalue weighted by Gasteiger charge is -2.08. The highest BCUT2D eigenvalue weighted by atomic mass is 32.2. The highest BCUT2D eigenvalue weighted by molar-refractivity contribution is 8.00. The van der Waals surface area contributed by atoms with E-state index in [1.54, 1.807) is 0 Å². The Labute approximate surface area is 168 Å². The van der Waals surface area contributed by atoms with Crippen molar-refractivity contribution >= 4 is 20.8 Å². The maximum absolute atomic E-state index is 12.7. The maximum atomic E-state index is 12.7. The van der Waals surface area contributed by atoms with Gasteiger partial charge < -0.3 is 0 Å². The Morgan fingerprint density at radius 2 is 1.61 bits per heavy atom. The predicted molar refractivity (Wildman–Crippen MR) is 117 cm³/mol. The molecule has 1 aliphatic heterocycles. The van der Waals surface area contributed by atoms with Gasteiger partial charge in [0.25, 0.3) is 10.0 Å². The van der Waals surface area contributed by atoms with Gasteiger partial charge in [-0.15, -0.1) is 0 Å². The van der Waals surface area contributed by atoms with E-state index in [1.165, 1.54) is 11.1 Å². The molecule has 1 heterocycles. The molecule has 0 spiro atoms. The predicted octanol–water partition coefficient (Wildman–Crippen LogP) is 4.89. The average molecular weight is 397 g/mol. The van der Waals surface area contributed by atoms with E-state index in [9.17, 15) is 8.42 Å². The molecule has 0 fully saturated rings. The molecule has 0 radical (unpaired) electrons. The van der Waals surface area contributed by atoms with Crippen molar-refractivity contribution in [1.29, 1.82) is 0 Å². The summed E-state index contributed by atoms with van der Waals surface area (Å²) in [6.07, 6.45) is 1.78. The second-order valence-electron chi connectivity index (χ2n) is 7.69. The van der Waals surface area contributed by atoms with Gasteiger partial charge in [0.05, 0.1) is 0 Å². The lowest BCUT2D eigenvalue weighted by molar-refractivity contribution is 0.603. The number of hydrogen-bond acceptors (Lipinski definition) is 3. The largest absolute Gasteiger partial charge is 0.264 e. The molecular formula is C23H28N2O2S. The van der Waals surface area contributed by atoms with Crippen LogP contribution in [0.5, 0.6) is 0 Å². The summed E-state index contributed by atoms with van der Waals surface area (Å²) in [5.41, 5.74) is 3.84. The summed E-state index contributed by atoms with van der Waals surface area (Å²) in [7, 11) is -3.59. The van der Waals surface area contributed by atoms with Crippen LogP contribution in [0.15, 0.2) is 65.2 Å². The molecule has 148 valence electrons. The van der Waals surface area contributed by atoms with E-state index >= 15 is 0 Å². The van der Waals surface area contributed by atoms with Crippen LogP contribution in [0.2, 0.25) is 0 Å². The van der Waals surface area contributed by atoms with Crippen molar-refractivity contribution in [3.8, 4) is 0 Å². The zero-order valence-electron chi connectivity index (χ0n) is 16.9. The Morgan fingerprint density at radius 3 is 2.21 bits per heavy atom. The summed E-state index contributed by atoms with van der Waals surface area (Å²) in [6.45, 7) is 8.09. The van der Waals surface area contributed by atoms with Crippen LogP contribution in [0.1, 0.15) is 56.7 Å². The zero-order chi connectivity index (χ0) is 20.3. The van der Waals surface area contributed by atoms with E-state index in [0.717, 1.165) is 12.8 Å². The van der Waals surface area contributed by atoms with Crippen molar-refractivity contribution in [2.24, 2.45) is 4.99 Å². The number of aryl methyl sites for hydroxylation is 1. The fraction of sp³-hybridized carbons (Fsp3) is 0.348. The van der Waals surface area contributed by atoms with E-state index in [-0.39, 0.29) is 6.04 Å². The SMILES string of the molecule is CC1=C(c2ccc(C(C)C)cc2)S(=O)(=O)NC1=N[C@@H](C)CCc1ccccc1. The minimum absolute atomic E-state index is 0.0236. The molecule has 0 aromatic heterocycles. The van der Waals surface area contributed by atoms with Gasteiger partial charge in [-0.25, -0.2) is 8.42 Å². The number of hydrogen-bond donors (Lipinski definition) is 1. The van der Waals surface area contributed by atoms with Crippen molar-refractivity contribution in [3.05, 3.63) is 76.9 Å². The van der Waals surface area contributed by atoms with Gasteiger partial charge in [-0.3, -0.25) is 9.71 Å². The van der Waals surface area contributed by atoms with E-state index in [4.69, 9.17) is 0 Å². The van der Waals surface area contributed by atoms with Crippen LogP contribution < -0.4 is 4.72 Å². The molecular weight excluding hydrogens is 368 g/mol. The fourth-order valence-corrected chi connectivity index (χ4v) is 4.89. The fourth-order valence-electron chi connectivity index (χ4n) is 3.38. The van der Waals surface area contributed by atoms with Gasteiger partial charge in [0.2, 0.25) is 0 Å². The van der Waals surface area contributed by atoms with Gasteiger partial charge in [0.1, 0.15) is 10.7 Å². The van der Waals surface area contributed by atoms with Crippen molar-refractivity contribution in [3.63, 3.8) is 0 Å². The molecule has 0 saturated heterocycles. The standard InChI is InChI=1S/C23H28N2O2S/c1-16(2)20-12-14-21(15-13-20)22-18(4)23(25-28(22,26)27)24-17(3)10-11-19-8-6-5-7-9-19/h5-9,12-17H,10-11H2,1-4H3,(H,24,25)/t17-/m0/s1. The van der Waals surface area contributed by atoms with E-state index < -0.39 is 10.0 Å². The Balaban J connectivity index is 1.82. The van der Waals surface area contributed by atoms with E-state index in [2.05, 4.69) is 35.7 Å². The second kappa shape index (κ2) is 8.31. The lowest BCUT2D eigenvalue weighted by atomic mass is 10.0. The molecule has 1 N–H and O–H groups in total. The van der Waals surface area contributed by atoms with Crippen LogP contribution >= 0.6 is 0 Å². The number of rotatable bonds is 6. The van der Waals surface area contributed by atoms with Crippen molar-refractivity contribution in [2.45, 2.75) is 52.5 Å². The number of aliphatic imine (C=N–C) groups is 1. The molecule has 1 aliphatic rings. The number of sulfonamides is 1. The number of nitrogens with zero attached hydrogens (tertiary/aromatic N) is 1. The Bertz CT molecular complexity index is 989. The van der Waals surface area contributed by atoms with Crippen molar-refractivity contribution < 1.29 is 8.42 Å². The van der Waals surface area contributed by atoms with Crippen LogP contribution in [0, 0.1) is 0 Å². The number of nitrogens with one attached hydrogen (secondary N) is 1. The summed E-state index contributed by atoms with van der Waals surface area (Å²) in [6, 6.07) is 18.0. The maximum Gasteiger partial charge on any atom is 0.264 e. The molecule has 28 heavy (non-hydrogen) atoms. The zero-order valence-corrected chi connectivity index (χ0v) is 17.8. The molecule has 2 aromatic rings. The first kappa shape index (κ1) is 20.3. The Hall–Kier alpha value is -2.40. The van der Waals surface area contributed by atoms with Crippen LogP contribution in [-0.2, 0) is 16.4 Å². The first-order valence-electron chi connectivity index (χ1n) is 9.74. The summed E-state index contributed by atoms with van der Waals surface area (Å²) < 4.78 is 28.1. The molecule has 2 aromatic carbocycles. The molecule has 0 bridgehead atoms. The molecule has 1 atom stereocenters. The first-order chi connectivity index (χ1) is 13.3. The number of amidine groups is 1. The minimum Gasteiger partial charge on any atom is -0.264 e. The van der Waals surface area contributed by atoms with Gasteiger partial charge in [-0.1, -0.05) is 68.4 Å². The monoisotopic (exact) mass is 396 g/mol. The van der Waals surface area contributed by atoms with Gasteiger partial charge in [-0.05, 0) is 49.3 Å². The highest BCUT2D eigenvalue weighted by Crippen LogP contribution is 2.31. The normalized spacial score (nSPS) is 18.5. The van der Waals surface area contributed by atoms with Crippen LogP contribution in [0.25, 0.3) is 4.91 Å². The molecule has 5 heteroatoms. The van der Waals surface area contributed by atoms with E-state index in [1.807, 2.05) is 56.3 Å². The summed E-state index contributed by atoms with van der Waals surface area (Å²) in [5, 5.41) is 0. The number of benzene rings is 2. The molecule has 0 unspecified atom stereocenters. The van der Waals surface area contributed by atoms with Crippen molar-refractivity contribution in [1.82, 2.24) is 4.72 Å². The van der Waals surface area contributed by atoms with Crippen LogP contribution in [0.4, 0.5) is 0 Å². The Morgan fingerprint density at radius 1 is 0.964 bits per heavy atom. The third kappa shape index (κ3) is 4.53. The second-order valence-corrected chi connectivity index (χ2v) is 9.31. The van der Waals surface area contributed by atoms with Crippen LogP contribution in [0.3, 0.4) is 0 Å². The van der Waals surface area contributed by atoms with Gasteiger partial charge in [-0.2, -0.15) is 0 Å².